The summed E-state index contributed by atoms with van der Waals surface area (Å²) in [6.07, 6.45) is -0.578. The van der Waals surface area contributed by atoms with Crippen LogP contribution in [0.15, 0.2) is 30.3 Å². The first-order valence-corrected chi connectivity index (χ1v) is 8.95. The van der Waals surface area contributed by atoms with E-state index in [9.17, 15) is 14.3 Å². The van der Waals surface area contributed by atoms with Gasteiger partial charge in [0, 0.05) is 12.6 Å². The molecule has 1 amide bonds. The number of carbonyl (C=O) groups is 1. The molecule has 1 aromatic carbocycles. The smallest absolute Gasteiger partial charge is 0.410 e. The molecule has 0 bridgehead atoms. The summed E-state index contributed by atoms with van der Waals surface area (Å²) < 4.78 is 21.8. The van der Waals surface area contributed by atoms with Crippen LogP contribution in [-0.2, 0) is 9.09 Å². The number of amides is 1. The summed E-state index contributed by atoms with van der Waals surface area (Å²) in [4.78, 5) is 21.8. The van der Waals surface area contributed by atoms with Crippen molar-refractivity contribution in [2.24, 2.45) is 0 Å². The second-order valence-corrected chi connectivity index (χ2v) is 8.19. The van der Waals surface area contributed by atoms with Crippen LogP contribution in [0.25, 0.3) is 0 Å². The molecule has 7 nitrogen and oxygen atoms in total. The molecule has 0 saturated carbocycles. The lowest BCUT2D eigenvalue weighted by Crippen LogP contribution is -2.42. The average Bonchev–Trinajstić information content (AvgIpc) is 2.46. The molecule has 0 fully saturated rings. The fourth-order valence-electron chi connectivity index (χ4n) is 1.79. The van der Waals surface area contributed by atoms with Crippen molar-refractivity contribution in [2.75, 3.05) is 13.7 Å². The summed E-state index contributed by atoms with van der Waals surface area (Å²) >= 11 is 0. The molecule has 2 unspecified atom stereocenters. The van der Waals surface area contributed by atoms with E-state index in [1.54, 1.807) is 30.3 Å². The molecule has 3 N–H and O–H groups in total. The van der Waals surface area contributed by atoms with Crippen LogP contribution in [0.2, 0.25) is 0 Å². The highest BCUT2D eigenvalue weighted by molar-refractivity contribution is 7.53. The summed E-state index contributed by atoms with van der Waals surface area (Å²) in [5.41, 5.74) is -0.137. The Morgan fingerprint density at radius 3 is 2.43 bits per heavy atom. The molecule has 0 saturated heterocycles. The van der Waals surface area contributed by atoms with Gasteiger partial charge in [-0.3, -0.25) is 4.57 Å². The van der Waals surface area contributed by atoms with E-state index >= 15 is 0 Å². The van der Waals surface area contributed by atoms with E-state index in [2.05, 4.69) is 15.2 Å². The zero-order valence-corrected chi connectivity index (χ0v) is 14.8. The van der Waals surface area contributed by atoms with Gasteiger partial charge in [0.2, 0.25) is 0 Å². The second-order valence-electron chi connectivity index (χ2n) is 6.07. The fraction of sp³-hybridized carbons (Fsp3) is 0.533. The van der Waals surface area contributed by atoms with Gasteiger partial charge >= 0.3 is 13.7 Å². The van der Waals surface area contributed by atoms with Gasteiger partial charge in [0.1, 0.15) is 11.5 Å². The summed E-state index contributed by atoms with van der Waals surface area (Å²) in [7, 11) is -2.84. The molecule has 0 heterocycles. The molecule has 8 heteroatoms. The Hall–Kier alpha value is -1.40. The van der Waals surface area contributed by atoms with Crippen molar-refractivity contribution in [1.29, 1.82) is 0 Å². The van der Waals surface area contributed by atoms with E-state index in [0.717, 1.165) is 7.11 Å². The van der Waals surface area contributed by atoms with Crippen molar-refractivity contribution in [3.63, 3.8) is 0 Å². The van der Waals surface area contributed by atoms with Crippen molar-refractivity contribution in [3.8, 4) is 5.75 Å². The number of ether oxygens (including phenoxy) is 1. The highest BCUT2D eigenvalue weighted by Crippen LogP contribution is 2.46. The van der Waals surface area contributed by atoms with Crippen LogP contribution in [0.3, 0.4) is 0 Å². The SMILES string of the molecule is COP(=O)(O)C(CCNC(C)(C)C)NC(=O)Oc1ccccc1. The van der Waals surface area contributed by atoms with Crippen LogP contribution in [0.4, 0.5) is 4.79 Å². The fourth-order valence-corrected chi connectivity index (χ4v) is 2.77. The van der Waals surface area contributed by atoms with Gasteiger partial charge in [-0.2, -0.15) is 0 Å². The number of hydrogen-bond donors (Lipinski definition) is 3. The molecular weight excluding hydrogens is 319 g/mol. The molecular formula is C15H25N2O5P. The minimum atomic E-state index is -3.98. The number of rotatable bonds is 7. The Kier molecular flexibility index (Phi) is 7.22. The third-order valence-electron chi connectivity index (χ3n) is 2.97. The quantitative estimate of drug-likeness (QED) is 0.658. The van der Waals surface area contributed by atoms with Gasteiger partial charge in [0.05, 0.1) is 0 Å². The monoisotopic (exact) mass is 344 g/mol. The van der Waals surface area contributed by atoms with Crippen LogP contribution in [0, 0.1) is 0 Å². The summed E-state index contributed by atoms with van der Waals surface area (Å²) in [6.45, 7) is 6.38. The lowest BCUT2D eigenvalue weighted by molar-refractivity contribution is 0.195. The number of hydrogen-bond acceptors (Lipinski definition) is 5. The van der Waals surface area contributed by atoms with Crippen LogP contribution in [-0.4, -0.2) is 36.0 Å². The van der Waals surface area contributed by atoms with Crippen molar-refractivity contribution in [1.82, 2.24) is 10.6 Å². The number of benzene rings is 1. The van der Waals surface area contributed by atoms with Gasteiger partial charge in [-0.1, -0.05) is 18.2 Å². The summed E-state index contributed by atoms with van der Waals surface area (Å²) in [5, 5.41) is 5.60. The first-order valence-electron chi connectivity index (χ1n) is 7.31. The molecule has 0 aliphatic heterocycles. The lowest BCUT2D eigenvalue weighted by atomic mass is 10.1. The third kappa shape index (κ3) is 7.61. The van der Waals surface area contributed by atoms with E-state index in [1.165, 1.54) is 0 Å². The maximum Gasteiger partial charge on any atom is 0.413 e. The highest BCUT2D eigenvalue weighted by atomic mass is 31.2. The van der Waals surface area contributed by atoms with Gasteiger partial charge < -0.3 is 24.8 Å². The molecule has 0 radical (unpaired) electrons. The third-order valence-corrected chi connectivity index (χ3v) is 4.66. The van der Waals surface area contributed by atoms with E-state index in [4.69, 9.17) is 4.74 Å². The topological polar surface area (TPSA) is 96.9 Å². The Balaban J connectivity index is 2.65. The average molecular weight is 344 g/mol. The Morgan fingerprint density at radius 1 is 1.30 bits per heavy atom. The van der Waals surface area contributed by atoms with Gasteiger partial charge in [-0.15, -0.1) is 0 Å². The molecule has 2 atom stereocenters. The van der Waals surface area contributed by atoms with Crippen LogP contribution in [0.1, 0.15) is 27.2 Å². The molecule has 0 aliphatic rings. The van der Waals surface area contributed by atoms with E-state index in [-0.39, 0.29) is 12.0 Å². The molecule has 1 aromatic rings. The Labute approximate surface area is 136 Å². The zero-order chi connectivity index (χ0) is 17.5. The molecule has 0 aliphatic carbocycles. The molecule has 130 valence electrons. The maximum atomic E-state index is 12.1. The van der Waals surface area contributed by atoms with Gasteiger partial charge in [0.25, 0.3) is 0 Å². The van der Waals surface area contributed by atoms with Crippen molar-refractivity contribution < 1.29 is 23.5 Å². The van der Waals surface area contributed by atoms with Crippen molar-refractivity contribution in [3.05, 3.63) is 30.3 Å². The second kappa shape index (κ2) is 8.45. The number of nitrogens with one attached hydrogen (secondary N) is 2. The minimum Gasteiger partial charge on any atom is -0.410 e. The first-order chi connectivity index (χ1) is 10.6. The van der Waals surface area contributed by atoms with Gasteiger partial charge in [-0.25, -0.2) is 4.79 Å². The van der Waals surface area contributed by atoms with Gasteiger partial charge in [-0.05, 0) is 45.9 Å². The van der Waals surface area contributed by atoms with E-state index in [1.807, 2.05) is 20.8 Å². The molecule has 1 rings (SSSR count). The van der Waals surface area contributed by atoms with Crippen LogP contribution >= 0.6 is 7.60 Å². The van der Waals surface area contributed by atoms with Crippen molar-refractivity contribution >= 4 is 13.7 Å². The van der Waals surface area contributed by atoms with Crippen LogP contribution < -0.4 is 15.4 Å². The Morgan fingerprint density at radius 2 is 1.91 bits per heavy atom. The zero-order valence-electron chi connectivity index (χ0n) is 13.9. The van der Waals surface area contributed by atoms with Crippen LogP contribution in [0.5, 0.6) is 5.75 Å². The predicted molar refractivity (Wildman–Crippen MR) is 88.6 cm³/mol. The molecule has 0 spiro atoms. The normalized spacial score (nSPS) is 15.5. The predicted octanol–water partition coefficient (Wildman–Crippen LogP) is 2.71. The maximum absolute atomic E-state index is 12.1. The number of para-hydroxylation sites is 1. The largest absolute Gasteiger partial charge is 0.413 e. The lowest BCUT2D eigenvalue weighted by Gasteiger charge is -2.25. The standard InChI is InChI=1S/C15H25N2O5P/c1-15(2,3)16-11-10-13(23(19,20)21-4)17-14(18)22-12-8-6-5-7-9-12/h5-9,13,16H,10-11H2,1-4H3,(H,17,18)(H,19,20). The summed E-state index contributed by atoms with van der Waals surface area (Å²) in [5.74, 6) is -0.708. The minimum absolute atomic E-state index is 0.137. The Bertz CT molecular complexity index is 545. The summed E-state index contributed by atoms with van der Waals surface area (Å²) in [6, 6.07) is 8.46. The molecule has 0 aromatic heterocycles. The van der Waals surface area contributed by atoms with E-state index < -0.39 is 19.5 Å². The highest BCUT2D eigenvalue weighted by Gasteiger charge is 2.33. The van der Waals surface area contributed by atoms with Crippen molar-refractivity contribution in [2.45, 2.75) is 38.5 Å². The number of carbonyl (C=O) groups excluding carboxylic acids is 1. The first kappa shape index (κ1) is 19.6. The van der Waals surface area contributed by atoms with E-state index in [0.29, 0.717) is 12.3 Å². The molecule has 23 heavy (non-hydrogen) atoms. The van der Waals surface area contributed by atoms with Gasteiger partial charge in [0.15, 0.2) is 0 Å².